The number of nitrogens with zero attached hydrogens (tertiary/aromatic N) is 1. The van der Waals surface area contributed by atoms with Crippen molar-refractivity contribution >= 4 is 23.3 Å². The van der Waals surface area contributed by atoms with Crippen LogP contribution in [-0.4, -0.2) is 44.0 Å². The second-order valence-electron chi connectivity index (χ2n) is 6.24. The fraction of sp³-hybridized carbons (Fsp3) is 0.250. The number of Topliss-reactive ketones (excluding diaryl/α,β-unsaturated/α-hetero) is 1. The van der Waals surface area contributed by atoms with Crippen molar-refractivity contribution < 1.29 is 28.6 Å². The van der Waals surface area contributed by atoms with E-state index in [-0.39, 0.29) is 31.4 Å². The van der Waals surface area contributed by atoms with Gasteiger partial charge in [-0.1, -0.05) is 12.1 Å². The number of fused-ring (bicyclic) bond motifs is 2. The van der Waals surface area contributed by atoms with Gasteiger partial charge in [0.05, 0.1) is 12.3 Å². The van der Waals surface area contributed by atoms with Crippen LogP contribution in [-0.2, 0) is 20.7 Å². The number of para-hydroxylation sites is 2. The Morgan fingerprint density at radius 1 is 1.07 bits per heavy atom. The first-order valence-corrected chi connectivity index (χ1v) is 8.58. The second kappa shape index (κ2) is 7.11. The van der Waals surface area contributed by atoms with Crippen molar-refractivity contribution in [2.24, 2.45) is 0 Å². The minimum absolute atomic E-state index is 0.138. The minimum Gasteiger partial charge on any atom is -0.493 e. The number of benzene rings is 2. The number of hydrogen-bond donors (Lipinski definition) is 0. The Kier molecular flexibility index (Phi) is 4.50. The van der Waals surface area contributed by atoms with E-state index in [1.165, 1.54) is 4.90 Å². The Morgan fingerprint density at radius 3 is 2.81 bits per heavy atom. The zero-order valence-corrected chi connectivity index (χ0v) is 14.5. The van der Waals surface area contributed by atoms with E-state index in [4.69, 9.17) is 14.2 Å². The molecule has 0 saturated carbocycles. The molecule has 0 saturated heterocycles. The van der Waals surface area contributed by atoms with Gasteiger partial charge in [0.1, 0.15) is 18.0 Å². The minimum atomic E-state index is -0.655. The SMILES string of the molecule is O=C(CN1C(=O)COc2ccccc21)OCC(=O)c1ccc2c(c1)CCO2. The Balaban J connectivity index is 1.37. The summed E-state index contributed by atoms with van der Waals surface area (Å²) < 4.78 is 15.8. The Bertz CT molecular complexity index is 922. The van der Waals surface area contributed by atoms with Crippen LogP contribution in [0.25, 0.3) is 0 Å². The highest BCUT2D eigenvalue weighted by atomic mass is 16.5. The summed E-state index contributed by atoms with van der Waals surface area (Å²) in [6, 6.07) is 12.1. The van der Waals surface area contributed by atoms with Crippen molar-refractivity contribution in [3.63, 3.8) is 0 Å². The summed E-state index contributed by atoms with van der Waals surface area (Å²) >= 11 is 0. The molecule has 0 unspecified atom stereocenters. The summed E-state index contributed by atoms with van der Waals surface area (Å²) in [7, 11) is 0. The molecular formula is C20H17NO6. The van der Waals surface area contributed by atoms with Gasteiger partial charge in [0.2, 0.25) is 0 Å². The molecule has 0 aliphatic carbocycles. The number of ketones is 1. The first-order valence-electron chi connectivity index (χ1n) is 8.58. The molecule has 2 aromatic rings. The number of rotatable bonds is 5. The van der Waals surface area contributed by atoms with Crippen LogP contribution in [0.3, 0.4) is 0 Å². The quantitative estimate of drug-likeness (QED) is 0.592. The lowest BCUT2D eigenvalue weighted by molar-refractivity contribution is -0.142. The van der Waals surface area contributed by atoms with E-state index < -0.39 is 5.97 Å². The summed E-state index contributed by atoms with van der Waals surface area (Å²) in [6.45, 7) is -0.180. The lowest BCUT2D eigenvalue weighted by Gasteiger charge is -2.28. The fourth-order valence-electron chi connectivity index (χ4n) is 3.09. The van der Waals surface area contributed by atoms with E-state index in [0.29, 0.717) is 23.6 Å². The summed E-state index contributed by atoms with van der Waals surface area (Å²) in [4.78, 5) is 37.8. The third kappa shape index (κ3) is 3.48. The molecular weight excluding hydrogens is 350 g/mol. The van der Waals surface area contributed by atoms with Crippen molar-refractivity contribution in [1.82, 2.24) is 0 Å². The largest absolute Gasteiger partial charge is 0.493 e. The topological polar surface area (TPSA) is 82.1 Å². The monoisotopic (exact) mass is 367 g/mol. The summed E-state index contributed by atoms with van der Waals surface area (Å²) in [6.07, 6.45) is 0.759. The Hall–Kier alpha value is -3.35. The van der Waals surface area contributed by atoms with Gasteiger partial charge in [-0.2, -0.15) is 0 Å². The lowest BCUT2D eigenvalue weighted by Crippen LogP contribution is -2.42. The normalized spacial score (nSPS) is 14.7. The maximum absolute atomic E-state index is 12.3. The van der Waals surface area contributed by atoms with Crippen LogP contribution < -0.4 is 14.4 Å². The summed E-state index contributed by atoms with van der Waals surface area (Å²) in [5.74, 6) is 0.0228. The number of hydrogen-bond acceptors (Lipinski definition) is 6. The molecule has 0 fully saturated rings. The van der Waals surface area contributed by atoms with Gasteiger partial charge in [-0.05, 0) is 35.9 Å². The fourth-order valence-corrected chi connectivity index (χ4v) is 3.09. The molecule has 0 spiro atoms. The summed E-state index contributed by atoms with van der Waals surface area (Å²) in [5, 5.41) is 0. The van der Waals surface area contributed by atoms with E-state index in [0.717, 1.165) is 17.7 Å². The number of ether oxygens (including phenoxy) is 3. The average Bonchev–Trinajstić information content (AvgIpc) is 3.16. The number of esters is 1. The smallest absolute Gasteiger partial charge is 0.326 e. The van der Waals surface area contributed by atoms with Crippen LogP contribution in [0.2, 0.25) is 0 Å². The first-order chi connectivity index (χ1) is 13.1. The molecule has 7 heteroatoms. The van der Waals surface area contributed by atoms with Gasteiger partial charge >= 0.3 is 5.97 Å². The molecule has 2 aliphatic rings. The molecule has 0 radical (unpaired) electrons. The van der Waals surface area contributed by atoms with Crippen LogP contribution in [0, 0.1) is 0 Å². The standard InChI is InChI=1S/C20H17NO6/c22-16(13-5-6-17-14(9-13)7-8-25-17)11-27-20(24)10-21-15-3-1-2-4-18(15)26-12-19(21)23/h1-6,9H,7-8,10-12H2. The van der Waals surface area contributed by atoms with Crippen molar-refractivity contribution in [2.45, 2.75) is 6.42 Å². The van der Waals surface area contributed by atoms with Crippen LogP contribution in [0.4, 0.5) is 5.69 Å². The highest BCUT2D eigenvalue weighted by molar-refractivity contribution is 6.02. The predicted molar refractivity (Wildman–Crippen MR) is 95.2 cm³/mol. The maximum Gasteiger partial charge on any atom is 0.326 e. The zero-order valence-electron chi connectivity index (χ0n) is 14.5. The van der Waals surface area contributed by atoms with Crippen LogP contribution >= 0.6 is 0 Å². The number of amides is 1. The highest BCUT2D eigenvalue weighted by Gasteiger charge is 2.27. The van der Waals surface area contributed by atoms with Crippen molar-refractivity contribution in [1.29, 1.82) is 0 Å². The molecule has 0 bridgehead atoms. The molecule has 4 rings (SSSR count). The van der Waals surface area contributed by atoms with Crippen LogP contribution in [0.5, 0.6) is 11.5 Å². The predicted octanol–water partition coefficient (Wildman–Crippen LogP) is 1.77. The molecule has 27 heavy (non-hydrogen) atoms. The van der Waals surface area contributed by atoms with Gasteiger partial charge in [-0.3, -0.25) is 19.3 Å². The first kappa shape index (κ1) is 17.1. The molecule has 2 aromatic carbocycles. The van der Waals surface area contributed by atoms with Gasteiger partial charge in [0.25, 0.3) is 5.91 Å². The molecule has 138 valence electrons. The maximum atomic E-state index is 12.3. The van der Waals surface area contributed by atoms with E-state index >= 15 is 0 Å². The third-order valence-corrected chi connectivity index (χ3v) is 4.47. The van der Waals surface area contributed by atoms with Crippen molar-refractivity contribution in [2.75, 3.05) is 31.3 Å². The molecule has 7 nitrogen and oxygen atoms in total. The van der Waals surface area contributed by atoms with Gasteiger partial charge in [0, 0.05) is 12.0 Å². The van der Waals surface area contributed by atoms with E-state index in [9.17, 15) is 14.4 Å². The Labute approximate surface area is 155 Å². The highest BCUT2D eigenvalue weighted by Crippen LogP contribution is 2.31. The van der Waals surface area contributed by atoms with Gasteiger partial charge in [0.15, 0.2) is 19.0 Å². The lowest BCUT2D eigenvalue weighted by atomic mass is 10.1. The molecule has 0 N–H and O–H groups in total. The molecule has 0 atom stereocenters. The van der Waals surface area contributed by atoms with E-state index in [2.05, 4.69) is 0 Å². The van der Waals surface area contributed by atoms with Gasteiger partial charge < -0.3 is 14.2 Å². The zero-order chi connectivity index (χ0) is 18.8. The Morgan fingerprint density at radius 2 is 1.93 bits per heavy atom. The van der Waals surface area contributed by atoms with Gasteiger partial charge in [-0.25, -0.2) is 0 Å². The van der Waals surface area contributed by atoms with E-state index in [1.54, 1.807) is 42.5 Å². The van der Waals surface area contributed by atoms with Crippen molar-refractivity contribution in [3.05, 3.63) is 53.6 Å². The van der Waals surface area contributed by atoms with Crippen LogP contribution in [0.1, 0.15) is 15.9 Å². The summed E-state index contributed by atoms with van der Waals surface area (Å²) in [5.41, 5.74) is 1.96. The third-order valence-electron chi connectivity index (χ3n) is 4.47. The number of carbonyl (C=O) groups is 3. The van der Waals surface area contributed by atoms with E-state index in [1.807, 2.05) is 0 Å². The van der Waals surface area contributed by atoms with Gasteiger partial charge in [-0.15, -0.1) is 0 Å². The molecule has 2 aliphatic heterocycles. The van der Waals surface area contributed by atoms with Crippen LogP contribution in [0.15, 0.2) is 42.5 Å². The second-order valence-corrected chi connectivity index (χ2v) is 6.24. The molecule has 1 amide bonds. The number of anilines is 1. The van der Waals surface area contributed by atoms with Crippen molar-refractivity contribution in [3.8, 4) is 11.5 Å². The average molecular weight is 367 g/mol. The number of carbonyl (C=O) groups excluding carboxylic acids is 3. The molecule has 0 aromatic heterocycles. The molecule has 2 heterocycles.